The van der Waals surface area contributed by atoms with Crippen molar-refractivity contribution >= 4 is 42.2 Å². The zero-order valence-corrected chi connectivity index (χ0v) is 14.4. The Kier molecular flexibility index (Phi) is 8.01. The Morgan fingerprint density at radius 3 is 1.93 bits per heavy atom. The first-order valence-electron chi connectivity index (χ1n) is 7.11. The molecule has 0 bridgehead atoms. The van der Waals surface area contributed by atoms with Gasteiger partial charge in [-0.1, -0.05) is 24.3 Å². The Balaban J connectivity index is 0.00000364. The van der Waals surface area contributed by atoms with Gasteiger partial charge in [0.15, 0.2) is 0 Å². The predicted molar refractivity (Wildman–Crippen MR) is 103 cm³/mol. The zero-order valence-electron chi connectivity index (χ0n) is 13.6. The fourth-order valence-corrected chi connectivity index (χ4v) is 1.87. The second-order valence-corrected chi connectivity index (χ2v) is 4.73. The summed E-state index contributed by atoms with van der Waals surface area (Å²) >= 11 is 0. The van der Waals surface area contributed by atoms with Crippen LogP contribution in [0.5, 0.6) is 0 Å². The monoisotopic (exact) mass is 391 g/mol. The molecule has 0 unspecified atom stereocenters. The lowest BCUT2D eigenvalue weighted by atomic mass is 10.2. The van der Waals surface area contributed by atoms with E-state index in [0.717, 1.165) is 0 Å². The van der Waals surface area contributed by atoms with Crippen LogP contribution >= 0.6 is 12.4 Å². The highest BCUT2D eigenvalue weighted by atomic mass is 35.5. The van der Waals surface area contributed by atoms with Crippen LogP contribution < -0.4 is 11.2 Å². The molecule has 0 aromatic heterocycles. The maximum Gasteiger partial charge on any atom is 0.278 e. The Morgan fingerprint density at radius 2 is 1.41 bits per heavy atom. The maximum atomic E-state index is 10.9. The number of rotatable bonds is 6. The quantitative estimate of drug-likeness (QED) is 0.332. The highest BCUT2D eigenvalue weighted by molar-refractivity contribution is 5.88. The molecule has 0 fully saturated rings. The second kappa shape index (κ2) is 10.2. The second-order valence-electron chi connectivity index (χ2n) is 4.73. The van der Waals surface area contributed by atoms with Gasteiger partial charge in [0, 0.05) is 12.1 Å². The van der Waals surface area contributed by atoms with E-state index >= 15 is 0 Å². The van der Waals surface area contributed by atoms with Crippen LogP contribution in [0.25, 0.3) is 0 Å². The number of nitro benzene ring substituents is 2. The van der Waals surface area contributed by atoms with E-state index in [1.54, 1.807) is 12.1 Å². The SMILES string of the molecule is Cl.NC(=NN=Cc1ccccc1[N+](=O)[O-])NN=Cc1ccccc1[N+](=O)[O-]. The number of nitrogens with two attached hydrogens (primary N) is 1. The van der Waals surface area contributed by atoms with Crippen molar-refractivity contribution in [2.45, 2.75) is 0 Å². The van der Waals surface area contributed by atoms with Crippen LogP contribution in [0.15, 0.2) is 63.8 Å². The van der Waals surface area contributed by atoms with Crippen LogP contribution in [0.3, 0.4) is 0 Å². The number of hydrazone groups is 1. The molecule has 0 aliphatic carbocycles. The number of nitro groups is 2. The Morgan fingerprint density at radius 1 is 0.926 bits per heavy atom. The molecule has 0 amide bonds. The standard InChI is InChI=1S/C15H13N7O4.ClH/c16-15(19-17-9-11-5-1-3-7-13(11)21(23)24)20-18-10-12-6-2-4-8-14(12)22(25)26;/h1-10H,(H3,16,19,20);1H. The normalized spacial score (nSPS) is 11.3. The van der Waals surface area contributed by atoms with Crippen molar-refractivity contribution in [1.82, 2.24) is 5.43 Å². The molecule has 0 heterocycles. The van der Waals surface area contributed by atoms with Gasteiger partial charge in [-0.15, -0.1) is 17.5 Å². The summed E-state index contributed by atoms with van der Waals surface area (Å²) in [6.07, 6.45) is 2.39. The predicted octanol–water partition coefficient (Wildman–Crippen LogP) is 2.20. The average molecular weight is 392 g/mol. The number of hydrogen-bond acceptors (Lipinski definition) is 7. The number of benzene rings is 2. The van der Waals surface area contributed by atoms with Gasteiger partial charge in [0.2, 0.25) is 5.96 Å². The van der Waals surface area contributed by atoms with Crippen molar-refractivity contribution in [2.24, 2.45) is 21.0 Å². The number of nitrogens with zero attached hydrogens (tertiary/aromatic N) is 5. The van der Waals surface area contributed by atoms with Gasteiger partial charge in [0.25, 0.3) is 11.4 Å². The van der Waals surface area contributed by atoms with Crippen molar-refractivity contribution in [2.75, 3.05) is 0 Å². The van der Waals surface area contributed by atoms with Gasteiger partial charge < -0.3 is 5.73 Å². The lowest BCUT2D eigenvalue weighted by Gasteiger charge is -1.98. The number of para-hydroxylation sites is 2. The van der Waals surface area contributed by atoms with Crippen LogP contribution in [0.2, 0.25) is 0 Å². The van der Waals surface area contributed by atoms with E-state index in [0.29, 0.717) is 0 Å². The van der Waals surface area contributed by atoms with Crippen molar-refractivity contribution in [3.63, 3.8) is 0 Å². The molecule has 3 N–H and O–H groups in total. The summed E-state index contributed by atoms with van der Waals surface area (Å²) in [7, 11) is 0. The molecule has 2 rings (SSSR count). The molecule has 0 saturated heterocycles. The third-order valence-electron chi connectivity index (χ3n) is 3.01. The third-order valence-corrected chi connectivity index (χ3v) is 3.01. The fourth-order valence-electron chi connectivity index (χ4n) is 1.87. The molecule has 27 heavy (non-hydrogen) atoms. The van der Waals surface area contributed by atoms with Crippen LogP contribution in [-0.2, 0) is 0 Å². The van der Waals surface area contributed by atoms with Crippen LogP contribution in [-0.4, -0.2) is 28.2 Å². The minimum atomic E-state index is -0.538. The van der Waals surface area contributed by atoms with E-state index in [4.69, 9.17) is 5.73 Å². The molecule has 11 nitrogen and oxygen atoms in total. The summed E-state index contributed by atoms with van der Waals surface area (Å²) in [6, 6.07) is 12.0. The molecular weight excluding hydrogens is 378 g/mol. The maximum absolute atomic E-state index is 10.9. The first-order chi connectivity index (χ1) is 12.5. The third kappa shape index (κ3) is 6.17. The number of hydrogen-bond donors (Lipinski definition) is 2. The van der Waals surface area contributed by atoms with E-state index in [1.165, 1.54) is 48.8 Å². The first-order valence-corrected chi connectivity index (χ1v) is 7.11. The van der Waals surface area contributed by atoms with E-state index in [-0.39, 0.29) is 40.9 Å². The molecule has 0 atom stereocenters. The highest BCUT2D eigenvalue weighted by Crippen LogP contribution is 2.15. The average Bonchev–Trinajstić information content (AvgIpc) is 2.62. The fraction of sp³-hybridized carbons (Fsp3) is 0. The van der Waals surface area contributed by atoms with Crippen molar-refractivity contribution in [3.05, 3.63) is 79.9 Å². The van der Waals surface area contributed by atoms with Gasteiger partial charge in [-0.2, -0.15) is 10.2 Å². The summed E-state index contributed by atoms with van der Waals surface area (Å²) in [5.41, 5.74) is 8.20. The molecule has 0 saturated carbocycles. The number of nitrogens with one attached hydrogen (secondary N) is 1. The van der Waals surface area contributed by atoms with Crippen molar-refractivity contribution in [3.8, 4) is 0 Å². The lowest BCUT2D eigenvalue weighted by Crippen LogP contribution is -2.26. The molecule has 140 valence electrons. The van der Waals surface area contributed by atoms with Gasteiger partial charge in [-0.25, -0.2) is 5.43 Å². The molecule has 12 heteroatoms. The van der Waals surface area contributed by atoms with Gasteiger partial charge in [-0.05, 0) is 12.1 Å². The van der Waals surface area contributed by atoms with Gasteiger partial charge in [0.05, 0.1) is 33.4 Å². The van der Waals surface area contributed by atoms with Crippen LogP contribution in [0, 0.1) is 20.2 Å². The minimum Gasteiger partial charge on any atom is -0.367 e. The highest BCUT2D eigenvalue weighted by Gasteiger charge is 2.10. The summed E-state index contributed by atoms with van der Waals surface area (Å²) < 4.78 is 0. The largest absolute Gasteiger partial charge is 0.367 e. The molecule has 0 aliphatic rings. The van der Waals surface area contributed by atoms with E-state index < -0.39 is 9.85 Å². The number of guanidine groups is 1. The molecule has 0 aliphatic heterocycles. The zero-order chi connectivity index (χ0) is 18.9. The van der Waals surface area contributed by atoms with E-state index in [9.17, 15) is 20.2 Å². The topological polar surface area (TPSA) is 161 Å². The molecule has 0 radical (unpaired) electrons. The van der Waals surface area contributed by atoms with Gasteiger partial charge >= 0.3 is 0 Å². The lowest BCUT2D eigenvalue weighted by molar-refractivity contribution is -0.385. The summed E-state index contributed by atoms with van der Waals surface area (Å²) in [5.74, 6) is -0.199. The van der Waals surface area contributed by atoms with Gasteiger partial charge in [-0.3, -0.25) is 20.2 Å². The van der Waals surface area contributed by atoms with Crippen molar-refractivity contribution in [1.29, 1.82) is 0 Å². The summed E-state index contributed by atoms with van der Waals surface area (Å²) in [5, 5.41) is 32.7. The minimum absolute atomic E-state index is 0. The van der Waals surface area contributed by atoms with Gasteiger partial charge in [0.1, 0.15) is 0 Å². The first kappa shape index (κ1) is 21.2. The Labute approximate surface area is 159 Å². The Hall–Kier alpha value is -3.86. The van der Waals surface area contributed by atoms with E-state index in [1.807, 2.05) is 0 Å². The summed E-state index contributed by atoms with van der Waals surface area (Å²) in [4.78, 5) is 20.7. The Bertz CT molecular complexity index is 915. The molecule has 2 aromatic carbocycles. The van der Waals surface area contributed by atoms with Crippen LogP contribution in [0.4, 0.5) is 11.4 Å². The molecular formula is C15H14ClN7O4. The molecule has 2 aromatic rings. The smallest absolute Gasteiger partial charge is 0.278 e. The molecule has 0 spiro atoms. The summed E-state index contributed by atoms with van der Waals surface area (Å²) in [6.45, 7) is 0. The van der Waals surface area contributed by atoms with Crippen LogP contribution in [0.1, 0.15) is 11.1 Å². The number of halogens is 1. The van der Waals surface area contributed by atoms with Crippen molar-refractivity contribution < 1.29 is 9.85 Å². The van der Waals surface area contributed by atoms with E-state index in [2.05, 4.69) is 20.7 Å².